The molecule has 0 spiro atoms. The van der Waals surface area contributed by atoms with Crippen LogP contribution in [0.25, 0.3) is 22.2 Å². The molecule has 4 rings (SSSR count). The van der Waals surface area contributed by atoms with Crippen LogP contribution < -0.4 is 0 Å². The molecule has 0 bridgehead atoms. The summed E-state index contributed by atoms with van der Waals surface area (Å²) in [6.45, 7) is 2.00. The molecule has 0 aliphatic rings. The lowest BCUT2D eigenvalue weighted by Gasteiger charge is -2.01. The van der Waals surface area contributed by atoms with E-state index in [0.29, 0.717) is 22.4 Å². The average Bonchev–Trinajstić information content (AvgIpc) is 3.25. The minimum Gasteiger partial charge on any atom is -0.449 e. The molecule has 1 aromatic heterocycles. The standard InChI is InChI=1S/C24H18N2O3S/c1-17-11-13-19(14-12-17)23(27)28-15-4-5-16-30-24-26-25-22(29-24)21-10-6-8-18-7-2-3-9-20(18)21/h2-3,6-14H,15-16H2,1H3. The molecular weight excluding hydrogens is 396 g/mol. The van der Waals surface area contributed by atoms with Crippen molar-refractivity contribution in [3.63, 3.8) is 0 Å². The molecule has 0 fully saturated rings. The number of benzene rings is 3. The van der Waals surface area contributed by atoms with Gasteiger partial charge in [0, 0.05) is 5.56 Å². The van der Waals surface area contributed by atoms with E-state index >= 15 is 0 Å². The number of ether oxygens (including phenoxy) is 1. The van der Waals surface area contributed by atoms with E-state index in [1.54, 1.807) is 12.1 Å². The lowest BCUT2D eigenvalue weighted by molar-refractivity contribution is 0.0556. The fraction of sp³-hybridized carbons (Fsp3) is 0.125. The molecule has 5 nitrogen and oxygen atoms in total. The SMILES string of the molecule is Cc1ccc(C(=O)OCC#CCSc2nnc(-c3cccc4ccccc34)o2)cc1. The number of rotatable bonds is 5. The van der Waals surface area contributed by atoms with Gasteiger partial charge in [0.2, 0.25) is 5.89 Å². The van der Waals surface area contributed by atoms with Gasteiger partial charge in [0.25, 0.3) is 5.22 Å². The van der Waals surface area contributed by atoms with E-state index in [9.17, 15) is 4.79 Å². The summed E-state index contributed by atoms with van der Waals surface area (Å²) >= 11 is 1.34. The lowest BCUT2D eigenvalue weighted by Crippen LogP contribution is -2.05. The molecule has 0 aliphatic heterocycles. The van der Waals surface area contributed by atoms with Crippen LogP contribution in [-0.4, -0.2) is 28.5 Å². The predicted octanol–water partition coefficient (Wildman–Crippen LogP) is 5.15. The monoisotopic (exact) mass is 414 g/mol. The molecule has 1 heterocycles. The van der Waals surface area contributed by atoms with Crippen LogP contribution in [-0.2, 0) is 4.74 Å². The highest BCUT2D eigenvalue weighted by Gasteiger charge is 2.11. The van der Waals surface area contributed by atoms with Crippen molar-refractivity contribution in [2.45, 2.75) is 12.1 Å². The first kappa shape index (κ1) is 19.7. The van der Waals surface area contributed by atoms with Crippen molar-refractivity contribution in [2.24, 2.45) is 0 Å². The Hall–Kier alpha value is -3.56. The summed E-state index contributed by atoms with van der Waals surface area (Å²) in [5.41, 5.74) is 2.51. The highest BCUT2D eigenvalue weighted by atomic mass is 32.2. The zero-order chi connectivity index (χ0) is 20.8. The molecule has 0 amide bonds. The molecule has 0 unspecified atom stereocenters. The van der Waals surface area contributed by atoms with Crippen molar-refractivity contribution < 1.29 is 13.9 Å². The zero-order valence-electron chi connectivity index (χ0n) is 16.3. The Kier molecular flexibility index (Phi) is 6.11. The Bertz CT molecular complexity index is 1230. The van der Waals surface area contributed by atoms with E-state index < -0.39 is 0 Å². The second-order valence-corrected chi connectivity index (χ2v) is 7.41. The molecule has 0 aliphatic carbocycles. The average molecular weight is 414 g/mol. The van der Waals surface area contributed by atoms with E-state index in [1.807, 2.05) is 61.5 Å². The summed E-state index contributed by atoms with van der Waals surface area (Å²) in [5, 5.41) is 10.9. The van der Waals surface area contributed by atoms with E-state index in [-0.39, 0.29) is 12.6 Å². The third-order valence-electron chi connectivity index (χ3n) is 4.38. The van der Waals surface area contributed by atoms with Crippen molar-refractivity contribution >= 4 is 28.5 Å². The summed E-state index contributed by atoms with van der Waals surface area (Å²) in [5.74, 6) is 6.32. The molecule has 0 radical (unpaired) electrons. The predicted molar refractivity (Wildman–Crippen MR) is 117 cm³/mol. The molecular formula is C24H18N2O3S. The summed E-state index contributed by atoms with van der Waals surface area (Å²) < 4.78 is 10.9. The molecule has 148 valence electrons. The topological polar surface area (TPSA) is 65.2 Å². The largest absolute Gasteiger partial charge is 0.449 e. The van der Waals surface area contributed by atoms with E-state index in [2.05, 4.69) is 22.0 Å². The third-order valence-corrected chi connectivity index (χ3v) is 5.08. The molecule has 6 heteroatoms. The Balaban J connectivity index is 1.30. The van der Waals surface area contributed by atoms with Gasteiger partial charge in [0.1, 0.15) is 0 Å². The van der Waals surface area contributed by atoms with Gasteiger partial charge < -0.3 is 9.15 Å². The number of hydrogen-bond acceptors (Lipinski definition) is 6. The second-order valence-electron chi connectivity index (χ2n) is 6.48. The maximum atomic E-state index is 11.9. The van der Waals surface area contributed by atoms with Crippen LogP contribution in [0.15, 0.2) is 76.4 Å². The van der Waals surface area contributed by atoms with Crippen molar-refractivity contribution in [1.82, 2.24) is 10.2 Å². The number of nitrogens with zero attached hydrogens (tertiary/aromatic N) is 2. The minimum atomic E-state index is -0.381. The fourth-order valence-corrected chi connectivity index (χ4v) is 3.40. The maximum absolute atomic E-state index is 11.9. The number of carbonyl (C=O) groups excluding carboxylic acids is 1. The lowest BCUT2D eigenvalue weighted by atomic mass is 10.0. The van der Waals surface area contributed by atoms with Gasteiger partial charge in [-0.1, -0.05) is 77.7 Å². The van der Waals surface area contributed by atoms with Gasteiger partial charge in [-0.25, -0.2) is 4.79 Å². The number of carbonyl (C=O) groups is 1. The van der Waals surface area contributed by atoms with Gasteiger partial charge >= 0.3 is 5.97 Å². The molecule has 0 saturated carbocycles. The molecule has 3 aromatic carbocycles. The quantitative estimate of drug-likeness (QED) is 0.256. The second kappa shape index (κ2) is 9.29. The maximum Gasteiger partial charge on any atom is 0.339 e. The van der Waals surface area contributed by atoms with E-state index in [1.165, 1.54) is 11.8 Å². The van der Waals surface area contributed by atoms with Gasteiger partial charge in [0.15, 0.2) is 6.61 Å². The van der Waals surface area contributed by atoms with Crippen LogP contribution in [0.4, 0.5) is 0 Å². The van der Waals surface area contributed by atoms with Gasteiger partial charge in [-0.2, -0.15) is 0 Å². The highest BCUT2D eigenvalue weighted by molar-refractivity contribution is 7.99. The van der Waals surface area contributed by atoms with Gasteiger partial charge in [-0.15, -0.1) is 10.2 Å². The summed E-state index contributed by atoms with van der Waals surface area (Å²) in [7, 11) is 0. The number of esters is 1. The fourth-order valence-electron chi connectivity index (χ4n) is 2.86. The molecule has 0 atom stereocenters. The van der Waals surface area contributed by atoms with Crippen LogP contribution in [0.2, 0.25) is 0 Å². The Labute approximate surface area is 178 Å². The number of aromatic nitrogens is 2. The van der Waals surface area contributed by atoms with Crippen molar-refractivity contribution in [1.29, 1.82) is 0 Å². The van der Waals surface area contributed by atoms with Crippen LogP contribution in [0.5, 0.6) is 0 Å². The van der Waals surface area contributed by atoms with E-state index in [4.69, 9.17) is 9.15 Å². The number of hydrogen-bond donors (Lipinski definition) is 0. The first-order valence-electron chi connectivity index (χ1n) is 9.35. The van der Waals surface area contributed by atoms with Crippen molar-refractivity contribution in [3.05, 3.63) is 77.9 Å². The Morgan fingerprint density at radius 1 is 1.00 bits per heavy atom. The van der Waals surface area contributed by atoms with Gasteiger partial charge in [0.05, 0.1) is 11.3 Å². The molecule has 30 heavy (non-hydrogen) atoms. The molecule has 0 saturated heterocycles. The minimum absolute atomic E-state index is 0.0400. The Morgan fingerprint density at radius 2 is 1.80 bits per heavy atom. The van der Waals surface area contributed by atoms with E-state index in [0.717, 1.165) is 21.9 Å². The molecule has 0 N–H and O–H groups in total. The van der Waals surface area contributed by atoms with Crippen LogP contribution in [0.3, 0.4) is 0 Å². The van der Waals surface area contributed by atoms with Gasteiger partial charge in [-0.05, 0) is 35.9 Å². The van der Waals surface area contributed by atoms with Gasteiger partial charge in [-0.3, -0.25) is 0 Å². The summed E-state index contributed by atoms with van der Waals surface area (Å²) in [6, 6.07) is 21.3. The number of aryl methyl sites for hydroxylation is 1. The zero-order valence-corrected chi connectivity index (χ0v) is 17.1. The van der Waals surface area contributed by atoms with Crippen LogP contribution in [0.1, 0.15) is 15.9 Å². The number of thioether (sulfide) groups is 1. The first-order chi connectivity index (χ1) is 14.7. The molecule has 4 aromatic rings. The highest BCUT2D eigenvalue weighted by Crippen LogP contribution is 2.29. The smallest absolute Gasteiger partial charge is 0.339 e. The van der Waals surface area contributed by atoms with Crippen LogP contribution in [0, 0.1) is 18.8 Å². The van der Waals surface area contributed by atoms with Crippen molar-refractivity contribution in [3.8, 4) is 23.3 Å². The third kappa shape index (κ3) is 4.70. The number of fused-ring (bicyclic) bond motifs is 1. The van der Waals surface area contributed by atoms with Crippen molar-refractivity contribution in [2.75, 3.05) is 12.4 Å². The normalized spacial score (nSPS) is 10.4. The summed E-state index contributed by atoms with van der Waals surface area (Å²) in [4.78, 5) is 11.9. The Morgan fingerprint density at radius 3 is 2.67 bits per heavy atom. The van der Waals surface area contributed by atoms with Crippen LogP contribution >= 0.6 is 11.8 Å². The first-order valence-corrected chi connectivity index (χ1v) is 10.3. The summed E-state index contributed by atoms with van der Waals surface area (Å²) in [6.07, 6.45) is 0.